The number of aryl methyl sites for hydroxylation is 2. The van der Waals surface area contributed by atoms with Crippen molar-refractivity contribution in [3.8, 4) is 0 Å². The van der Waals surface area contributed by atoms with Crippen LogP contribution in [0.5, 0.6) is 0 Å². The fourth-order valence-corrected chi connectivity index (χ4v) is 14.1. The van der Waals surface area contributed by atoms with Crippen molar-refractivity contribution in [3.63, 3.8) is 0 Å². The van der Waals surface area contributed by atoms with Gasteiger partial charge in [-0.3, -0.25) is 0 Å². The van der Waals surface area contributed by atoms with Crippen molar-refractivity contribution in [1.82, 2.24) is 0 Å². The molecular weight excluding hydrogens is 1060 g/mol. The summed E-state index contributed by atoms with van der Waals surface area (Å²) in [6.45, 7) is 13.5. The van der Waals surface area contributed by atoms with Gasteiger partial charge in [-0.15, -0.1) is 162 Å². The average Bonchev–Trinajstić information content (AvgIpc) is 4.12. The largest absolute Gasteiger partial charge is 2.00 e. The third-order valence-corrected chi connectivity index (χ3v) is 18.0. The van der Waals surface area contributed by atoms with Crippen LogP contribution in [0.15, 0.2) is 146 Å². The van der Waals surface area contributed by atoms with Crippen molar-refractivity contribution in [2.45, 2.75) is 144 Å². The van der Waals surface area contributed by atoms with Crippen molar-refractivity contribution in [2.24, 2.45) is 0 Å². The van der Waals surface area contributed by atoms with Crippen molar-refractivity contribution < 1.29 is 77.2 Å². The molecule has 0 heterocycles. The van der Waals surface area contributed by atoms with Gasteiger partial charge >= 0.3 is 52.4 Å². The van der Waals surface area contributed by atoms with E-state index in [0.29, 0.717) is 0 Å². The summed E-state index contributed by atoms with van der Waals surface area (Å²) >= 11 is 0. The van der Waals surface area contributed by atoms with E-state index >= 15 is 0 Å². The molecular formula is C62H82Cl2P2Zr2-2. The molecule has 0 atom stereocenters. The minimum atomic E-state index is 0. The summed E-state index contributed by atoms with van der Waals surface area (Å²) in [7, 11) is 0.128. The smallest absolute Gasteiger partial charge is 1.00 e. The SMILES string of the molecule is CCCCCCP(CCCCCC)c1cc2ccccc2[cH-]1.CCCCCCP(CCCCCC)c1cc2ccccc2[cH-]1.Cc1cc2ccccc2[cH-]1.Cc1cc2ccccc2[cH-]1.[Cl-].[Cl-].[Zr+2].[Zr+2]. The van der Waals surface area contributed by atoms with Crippen LogP contribution in [0.25, 0.3) is 43.1 Å². The molecule has 68 heavy (non-hydrogen) atoms. The van der Waals surface area contributed by atoms with E-state index in [0.717, 1.165) is 0 Å². The number of fused-ring (bicyclic) bond motifs is 4. The summed E-state index contributed by atoms with van der Waals surface area (Å²) < 4.78 is 0. The molecule has 0 saturated heterocycles. The van der Waals surface area contributed by atoms with Crippen LogP contribution in [0.1, 0.15) is 142 Å². The van der Waals surface area contributed by atoms with Gasteiger partial charge in [-0.2, -0.15) is 24.3 Å². The second-order valence-electron chi connectivity index (χ2n) is 18.2. The van der Waals surface area contributed by atoms with Gasteiger partial charge in [0.2, 0.25) is 0 Å². The third-order valence-electron chi connectivity index (χ3n) is 12.6. The summed E-state index contributed by atoms with van der Waals surface area (Å²) in [5.41, 5.74) is 2.70. The Bertz CT molecular complexity index is 2110. The van der Waals surface area contributed by atoms with Gasteiger partial charge in [-0.1, -0.05) is 159 Å². The van der Waals surface area contributed by atoms with Crippen LogP contribution in [0, 0.1) is 13.8 Å². The van der Waals surface area contributed by atoms with Gasteiger partial charge in [-0.05, 0) is 50.3 Å². The summed E-state index contributed by atoms with van der Waals surface area (Å²) in [4.78, 5) is 0. The first-order chi connectivity index (χ1) is 31.4. The standard InChI is InChI=1S/2C21H32P.2C10H9.2ClH.2Zr/c2*1-3-5-7-11-15-22(16-12-8-6-4-2)21-17-19-13-9-10-14-20(19)18-21;2*1-8-6-9-4-2-3-5-10(9)7-8;;;;/h2*9-10,13-14,17-18H,3-8,11-12,15-16H2,1-2H3;2*2-7H,1H3;2*1H;;/q4*-1;;;2*+2/p-2. The number of unbranched alkanes of at least 4 members (excludes halogenated alkanes) is 12. The third kappa shape index (κ3) is 22.9. The average molecular weight is 1140 g/mol. The zero-order chi connectivity index (χ0) is 45.2. The van der Waals surface area contributed by atoms with Crippen molar-refractivity contribution in [1.29, 1.82) is 0 Å². The molecule has 0 aromatic heterocycles. The van der Waals surface area contributed by atoms with Crippen LogP contribution in [0.3, 0.4) is 0 Å². The Morgan fingerprint density at radius 2 is 0.574 bits per heavy atom. The first-order valence-corrected chi connectivity index (χ1v) is 28.9. The minimum Gasteiger partial charge on any atom is -1.00 e. The number of benzene rings is 4. The fraction of sp³-hybridized carbons (Fsp3) is 0.419. The quantitative estimate of drug-likeness (QED) is 0.0360. The van der Waals surface area contributed by atoms with Gasteiger partial charge in [0.25, 0.3) is 0 Å². The zero-order valence-corrected chi connectivity index (χ0v) is 50.9. The van der Waals surface area contributed by atoms with Crippen LogP contribution >= 0.6 is 15.8 Å². The molecule has 0 aliphatic rings. The predicted molar refractivity (Wildman–Crippen MR) is 297 cm³/mol. The summed E-state index contributed by atoms with van der Waals surface area (Å²) in [6, 6.07) is 53.3. The molecule has 0 spiro atoms. The normalized spacial score (nSPS) is 10.6. The van der Waals surface area contributed by atoms with Crippen molar-refractivity contribution in [3.05, 3.63) is 157 Å². The Kier molecular flexibility index (Phi) is 36.2. The molecule has 364 valence electrons. The van der Waals surface area contributed by atoms with Crippen LogP contribution in [-0.2, 0) is 52.4 Å². The Balaban J connectivity index is 0.000000469. The molecule has 0 amide bonds. The molecule has 0 fully saturated rings. The summed E-state index contributed by atoms with van der Waals surface area (Å²) in [5, 5.41) is 14.5. The van der Waals surface area contributed by atoms with Crippen molar-refractivity contribution in [2.75, 3.05) is 24.6 Å². The van der Waals surface area contributed by atoms with Gasteiger partial charge in [0.15, 0.2) is 0 Å². The topological polar surface area (TPSA) is 0 Å². The number of hydrogen-bond acceptors (Lipinski definition) is 0. The van der Waals surface area contributed by atoms with Gasteiger partial charge in [0.1, 0.15) is 0 Å². The van der Waals surface area contributed by atoms with Crippen LogP contribution in [0.4, 0.5) is 0 Å². The molecule has 8 rings (SSSR count). The molecule has 0 aliphatic heterocycles. The predicted octanol–water partition coefficient (Wildman–Crippen LogP) is 13.4. The van der Waals surface area contributed by atoms with Gasteiger partial charge in [0, 0.05) is 0 Å². The molecule has 0 radical (unpaired) electrons. The van der Waals surface area contributed by atoms with Crippen LogP contribution in [-0.4, -0.2) is 24.6 Å². The molecule has 8 aromatic rings. The van der Waals surface area contributed by atoms with Gasteiger partial charge < -0.3 is 24.8 Å². The molecule has 0 bridgehead atoms. The minimum absolute atomic E-state index is 0. The maximum atomic E-state index is 2.47. The first kappa shape index (κ1) is 64.5. The molecule has 0 N–H and O–H groups in total. The Labute approximate surface area is 468 Å². The molecule has 8 aromatic carbocycles. The van der Waals surface area contributed by atoms with E-state index in [2.05, 4.69) is 187 Å². The van der Waals surface area contributed by atoms with E-state index in [1.54, 1.807) is 10.6 Å². The molecule has 6 heteroatoms. The van der Waals surface area contributed by atoms with Crippen molar-refractivity contribution >= 4 is 69.5 Å². The van der Waals surface area contributed by atoms with E-state index in [1.165, 1.54) is 182 Å². The maximum Gasteiger partial charge on any atom is 2.00 e. The molecule has 0 unspecified atom stereocenters. The summed E-state index contributed by atoms with van der Waals surface area (Å²) in [5.74, 6) is 0. The second kappa shape index (κ2) is 38.2. The van der Waals surface area contributed by atoms with E-state index in [4.69, 9.17) is 0 Å². The van der Waals surface area contributed by atoms with Gasteiger partial charge in [0.05, 0.1) is 0 Å². The zero-order valence-electron chi connectivity index (χ0n) is 42.6. The van der Waals surface area contributed by atoms with Gasteiger partial charge in [-0.25, -0.2) is 0 Å². The van der Waals surface area contributed by atoms with E-state index in [9.17, 15) is 0 Å². The Morgan fingerprint density at radius 1 is 0.324 bits per heavy atom. The van der Waals surface area contributed by atoms with E-state index in [-0.39, 0.29) is 93.1 Å². The number of halogens is 2. The maximum absolute atomic E-state index is 2.47. The first-order valence-electron chi connectivity index (χ1n) is 25.5. The monoisotopic (exact) mass is 1140 g/mol. The number of rotatable bonds is 22. The Morgan fingerprint density at radius 3 is 0.824 bits per heavy atom. The van der Waals surface area contributed by atoms with Crippen LogP contribution in [0.2, 0.25) is 0 Å². The second-order valence-corrected chi connectivity index (χ2v) is 23.2. The number of hydrogen-bond donors (Lipinski definition) is 0. The molecule has 0 nitrogen and oxygen atoms in total. The molecule has 0 aliphatic carbocycles. The van der Waals surface area contributed by atoms with E-state index < -0.39 is 0 Å². The summed E-state index contributed by atoms with van der Waals surface area (Å²) in [6.07, 6.45) is 28.1. The fourth-order valence-electron chi connectivity index (χ4n) is 8.90. The van der Waals surface area contributed by atoms with Crippen LogP contribution < -0.4 is 35.4 Å². The molecule has 0 saturated carbocycles. The van der Waals surface area contributed by atoms with E-state index in [1.807, 2.05) is 0 Å². The Hall–Kier alpha value is -1.47.